The Morgan fingerprint density at radius 2 is 1.00 bits per heavy atom. The Morgan fingerprint density at radius 1 is 0.636 bits per heavy atom. The van der Waals surface area contributed by atoms with E-state index in [1.807, 2.05) is 60.7 Å². The molecule has 0 atom stereocenters. The lowest BCUT2D eigenvalue weighted by Crippen LogP contribution is -2.38. The van der Waals surface area contributed by atoms with Crippen LogP contribution in [0.2, 0.25) is 0 Å². The van der Waals surface area contributed by atoms with E-state index in [0.717, 1.165) is 11.4 Å². The highest BCUT2D eigenvalue weighted by atomic mass is 32.1. The van der Waals surface area contributed by atoms with E-state index in [1.54, 1.807) is 0 Å². The Labute approximate surface area is 141 Å². The molecule has 0 aliphatic heterocycles. The summed E-state index contributed by atoms with van der Waals surface area (Å²) in [4.78, 5) is 0. The lowest BCUT2D eigenvalue weighted by atomic mass is 10.3. The van der Waals surface area contributed by atoms with Crippen LogP contribution in [0.3, 0.4) is 0 Å². The van der Waals surface area contributed by atoms with E-state index in [2.05, 4.69) is 21.3 Å². The molecular weight excluding hydrogens is 312 g/mol. The van der Waals surface area contributed by atoms with Crippen LogP contribution in [0.5, 0.6) is 0 Å². The van der Waals surface area contributed by atoms with Crippen LogP contribution in [0, 0.1) is 0 Å². The normalized spacial score (nSPS) is 9.64. The van der Waals surface area contributed by atoms with Crippen molar-refractivity contribution in [3.05, 3.63) is 60.7 Å². The van der Waals surface area contributed by atoms with Crippen molar-refractivity contribution >= 4 is 46.0 Å². The predicted molar refractivity (Wildman–Crippen MR) is 101 cm³/mol. The van der Waals surface area contributed by atoms with Crippen LogP contribution in [0.25, 0.3) is 0 Å². The summed E-state index contributed by atoms with van der Waals surface area (Å²) in [6, 6.07) is 19.6. The Hall–Kier alpha value is -2.18. The third kappa shape index (κ3) is 6.07. The highest BCUT2D eigenvalue weighted by molar-refractivity contribution is 7.80. The van der Waals surface area contributed by atoms with E-state index < -0.39 is 0 Å². The van der Waals surface area contributed by atoms with Gasteiger partial charge in [0, 0.05) is 24.5 Å². The summed E-state index contributed by atoms with van der Waals surface area (Å²) in [5, 5.41) is 13.7. The zero-order chi connectivity index (χ0) is 15.6. The van der Waals surface area contributed by atoms with Crippen molar-refractivity contribution < 1.29 is 0 Å². The maximum Gasteiger partial charge on any atom is 0.170 e. The molecule has 2 aromatic rings. The minimum absolute atomic E-state index is 0.593. The average molecular weight is 330 g/mol. The lowest BCUT2D eigenvalue weighted by Gasteiger charge is -2.13. The fourth-order valence-corrected chi connectivity index (χ4v) is 2.19. The topological polar surface area (TPSA) is 48.1 Å². The summed E-state index contributed by atoms with van der Waals surface area (Å²) in [5.74, 6) is 0. The van der Waals surface area contributed by atoms with Gasteiger partial charge in [0.05, 0.1) is 0 Å². The smallest absolute Gasteiger partial charge is 0.170 e. The van der Waals surface area contributed by atoms with Crippen LogP contribution in [0.1, 0.15) is 0 Å². The van der Waals surface area contributed by atoms with Crippen LogP contribution in [-0.2, 0) is 0 Å². The molecule has 0 aromatic heterocycles. The fourth-order valence-electron chi connectivity index (χ4n) is 1.75. The van der Waals surface area contributed by atoms with E-state index in [0.29, 0.717) is 23.3 Å². The number of rotatable bonds is 5. The van der Waals surface area contributed by atoms with E-state index in [4.69, 9.17) is 24.4 Å². The predicted octanol–water partition coefficient (Wildman–Crippen LogP) is 2.96. The third-order valence-electron chi connectivity index (χ3n) is 2.76. The van der Waals surface area contributed by atoms with Gasteiger partial charge in [-0.3, -0.25) is 0 Å². The van der Waals surface area contributed by atoms with Gasteiger partial charge >= 0.3 is 0 Å². The van der Waals surface area contributed by atoms with Gasteiger partial charge in [0.25, 0.3) is 0 Å². The van der Waals surface area contributed by atoms with Gasteiger partial charge in [-0.05, 0) is 48.7 Å². The molecule has 0 saturated heterocycles. The first-order valence-electron chi connectivity index (χ1n) is 6.94. The van der Waals surface area contributed by atoms with Crippen molar-refractivity contribution in [2.24, 2.45) is 0 Å². The van der Waals surface area contributed by atoms with Gasteiger partial charge in [0.15, 0.2) is 10.2 Å². The molecule has 4 N–H and O–H groups in total. The molecule has 2 rings (SSSR count). The molecule has 0 fully saturated rings. The molecule has 0 amide bonds. The Bertz CT molecular complexity index is 547. The highest BCUT2D eigenvalue weighted by Gasteiger charge is 1.98. The quantitative estimate of drug-likeness (QED) is 0.499. The summed E-state index contributed by atoms with van der Waals surface area (Å²) < 4.78 is 0. The van der Waals surface area contributed by atoms with Crippen LogP contribution < -0.4 is 21.3 Å². The van der Waals surface area contributed by atoms with E-state index in [1.165, 1.54) is 0 Å². The molecule has 2 aromatic carbocycles. The monoisotopic (exact) mass is 330 g/mol. The van der Waals surface area contributed by atoms with Crippen molar-refractivity contribution in [3.8, 4) is 0 Å². The summed E-state index contributed by atoms with van der Waals surface area (Å²) >= 11 is 10.4. The molecule has 0 saturated carbocycles. The zero-order valence-electron chi connectivity index (χ0n) is 12.0. The molecule has 0 spiro atoms. The molecule has 6 heteroatoms. The van der Waals surface area contributed by atoms with E-state index >= 15 is 0 Å². The number of nitrogens with one attached hydrogen (secondary N) is 4. The first kappa shape index (κ1) is 16.2. The maximum atomic E-state index is 5.22. The first-order chi connectivity index (χ1) is 10.7. The SMILES string of the molecule is S=C(NCCNC(=S)Nc1ccccc1)Nc1ccccc1. The Balaban J connectivity index is 1.60. The molecule has 0 heterocycles. The number of hydrogen-bond donors (Lipinski definition) is 4. The van der Waals surface area contributed by atoms with Gasteiger partial charge in [0.1, 0.15) is 0 Å². The summed E-state index contributed by atoms with van der Waals surface area (Å²) in [6.07, 6.45) is 0. The Kier molecular flexibility index (Phi) is 6.60. The van der Waals surface area contributed by atoms with Crippen LogP contribution >= 0.6 is 24.4 Å². The molecule has 0 aliphatic carbocycles. The third-order valence-corrected chi connectivity index (χ3v) is 3.25. The van der Waals surface area contributed by atoms with Crippen LogP contribution in [0.15, 0.2) is 60.7 Å². The molecule has 0 radical (unpaired) electrons. The molecule has 22 heavy (non-hydrogen) atoms. The Morgan fingerprint density at radius 3 is 1.36 bits per heavy atom. The van der Waals surface area contributed by atoms with Gasteiger partial charge in [-0.2, -0.15) is 0 Å². The lowest BCUT2D eigenvalue weighted by molar-refractivity contribution is 0.821. The number of benzene rings is 2. The molecular formula is C16H18N4S2. The second-order valence-electron chi connectivity index (χ2n) is 4.49. The van der Waals surface area contributed by atoms with Gasteiger partial charge < -0.3 is 21.3 Å². The second kappa shape index (κ2) is 8.96. The summed E-state index contributed by atoms with van der Waals surface area (Å²) in [6.45, 7) is 1.35. The molecule has 0 aliphatic rings. The highest BCUT2D eigenvalue weighted by Crippen LogP contribution is 2.04. The minimum atomic E-state index is 0.593. The zero-order valence-corrected chi connectivity index (χ0v) is 13.6. The molecule has 4 nitrogen and oxygen atoms in total. The maximum absolute atomic E-state index is 5.22. The van der Waals surface area contributed by atoms with Crippen molar-refractivity contribution in [2.45, 2.75) is 0 Å². The van der Waals surface area contributed by atoms with Gasteiger partial charge in [-0.15, -0.1) is 0 Å². The number of thiocarbonyl (C=S) groups is 2. The largest absolute Gasteiger partial charge is 0.361 e. The van der Waals surface area contributed by atoms with Crippen molar-refractivity contribution in [1.29, 1.82) is 0 Å². The second-order valence-corrected chi connectivity index (χ2v) is 5.31. The van der Waals surface area contributed by atoms with Gasteiger partial charge in [-0.25, -0.2) is 0 Å². The van der Waals surface area contributed by atoms with Gasteiger partial charge in [0.2, 0.25) is 0 Å². The van der Waals surface area contributed by atoms with Crippen molar-refractivity contribution in [2.75, 3.05) is 23.7 Å². The summed E-state index contributed by atoms with van der Waals surface area (Å²) in [7, 11) is 0. The average Bonchev–Trinajstić information content (AvgIpc) is 2.53. The number of hydrogen-bond acceptors (Lipinski definition) is 2. The minimum Gasteiger partial charge on any atom is -0.361 e. The first-order valence-corrected chi connectivity index (χ1v) is 7.75. The van der Waals surface area contributed by atoms with Crippen molar-refractivity contribution in [1.82, 2.24) is 10.6 Å². The number of para-hydroxylation sites is 2. The molecule has 114 valence electrons. The van der Waals surface area contributed by atoms with Gasteiger partial charge in [-0.1, -0.05) is 36.4 Å². The standard InChI is InChI=1S/C16H18N4S2/c21-15(19-13-7-3-1-4-8-13)17-11-12-18-16(22)20-14-9-5-2-6-10-14/h1-10H,11-12H2,(H2,17,19,21)(H2,18,20,22). The van der Waals surface area contributed by atoms with Crippen LogP contribution in [0.4, 0.5) is 11.4 Å². The van der Waals surface area contributed by atoms with Crippen LogP contribution in [-0.4, -0.2) is 23.3 Å². The van der Waals surface area contributed by atoms with Crippen molar-refractivity contribution in [3.63, 3.8) is 0 Å². The van der Waals surface area contributed by atoms with E-state index in [9.17, 15) is 0 Å². The summed E-state index contributed by atoms with van der Waals surface area (Å²) in [5.41, 5.74) is 1.93. The molecule has 0 bridgehead atoms. The number of anilines is 2. The fraction of sp³-hybridized carbons (Fsp3) is 0.125. The molecule has 0 unspecified atom stereocenters. The van der Waals surface area contributed by atoms with E-state index in [-0.39, 0.29) is 0 Å².